The first kappa shape index (κ1) is 11.5. The van der Waals surface area contributed by atoms with Crippen molar-refractivity contribution >= 4 is 5.97 Å². The summed E-state index contributed by atoms with van der Waals surface area (Å²) in [6.07, 6.45) is 0.172. The van der Waals surface area contributed by atoms with Gasteiger partial charge in [-0.1, -0.05) is 13.8 Å². The molecular weight excluding hydrogens is 182 g/mol. The molecule has 0 aliphatic carbocycles. The molecule has 1 rings (SSSR count). The van der Waals surface area contributed by atoms with Gasteiger partial charge in [0.15, 0.2) is 0 Å². The van der Waals surface area contributed by atoms with Crippen LogP contribution in [0, 0.1) is 5.92 Å². The Morgan fingerprint density at radius 3 is 2.64 bits per heavy atom. The molecule has 1 N–H and O–H groups in total. The van der Waals surface area contributed by atoms with E-state index in [9.17, 15) is 4.79 Å². The molecule has 0 aromatic rings. The van der Waals surface area contributed by atoms with Gasteiger partial charge < -0.3 is 9.84 Å². The van der Waals surface area contributed by atoms with Gasteiger partial charge in [-0.2, -0.15) is 0 Å². The quantitative estimate of drug-likeness (QED) is 0.734. The number of nitrogens with zero attached hydrogens (tertiary/aromatic N) is 1. The third-order valence-electron chi connectivity index (χ3n) is 2.77. The number of aliphatic carboxylic acids is 1. The summed E-state index contributed by atoms with van der Waals surface area (Å²) in [6.45, 7) is 8.01. The highest BCUT2D eigenvalue weighted by molar-refractivity contribution is 5.72. The molecule has 2 atom stereocenters. The minimum atomic E-state index is -0.755. The fourth-order valence-corrected chi connectivity index (χ4v) is 1.61. The molecule has 4 nitrogen and oxygen atoms in total. The minimum absolute atomic E-state index is 0.172. The lowest BCUT2D eigenvalue weighted by Crippen LogP contribution is -2.50. The molecule has 1 heterocycles. The van der Waals surface area contributed by atoms with Crippen LogP contribution >= 0.6 is 0 Å². The van der Waals surface area contributed by atoms with E-state index in [1.54, 1.807) is 6.92 Å². The van der Waals surface area contributed by atoms with Gasteiger partial charge in [0.2, 0.25) is 0 Å². The number of hydrogen-bond acceptors (Lipinski definition) is 3. The number of rotatable bonds is 3. The van der Waals surface area contributed by atoms with E-state index in [0.29, 0.717) is 12.5 Å². The minimum Gasteiger partial charge on any atom is -0.480 e. The molecule has 0 radical (unpaired) electrons. The first-order chi connectivity index (χ1) is 6.52. The number of morpholine rings is 1. The van der Waals surface area contributed by atoms with Crippen molar-refractivity contribution in [2.24, 2.45) is 5.92 Å². The lowest BCUT2D eigenvalue weighted by molar-refractivity contribution is -0.146. The van der Waals surface area contributed by atoms with Gasteiger partial charge in [0.05, 0.1) is 12.7 Å². The molecular formula is C10H19NO3. The van der Waals surface area contributed by atoms with Gasteiger partial charge in [0.25, 0.3) is 0 Å². The zero-order valence-electron chi connectivity index (χ0n) is 9.06. The van der Waals surface area contributed by atoms with E-state index in [2.05, 4.69) is 13.8 Å². The average molecular weight is 201 g/mol. The molecule has 0 aromatic carbocycles. The Labute approximate surface area is 84.8 Å². The van der Waals surface area contributed by atoms with Gasteiger partial charge in [0, 0.05) is 13.1 Å². The van der Waals surface area contributed by atoms with Gasteiger partial charge in [-0.3, -0.25) is 9.69 Å². The second-order valence-electron chi connectivity index (χ2n) is 4.16. The molecule has 0 amide bonds. The Kier molecular flexibility index (Phi) is 3.89. The predicted molar refractivity (Wildman–Crippen MR) is 53.2 cm³/mol. The molecule has 4 heteroatoms. The van der Waals surface area contributed by atoms with Crippen LogP contribution in [0.2, 0.25) is 0 Å². The third kappa shape index (κ3) is 2.69. The highest BCUT2D eigenvalue weighted by atomic mass is 16.5. The highest BCUT2D eigenvalue weighted by Crippen LogP contribution is 2.15. The molecule has 0 saturated carbocycles. The summed E-state index contributed by atoms with van der Waals surface area (Å²) < 4.78 is 5.56. The number of carbonyl (C=O) groups is 1. The molecule has 2 unspecified atom stereocenters. The second kappa shape index (κ2) is 4.75. The fraction of sp³-hybridized carbons (Fsp3) is 0.900. The van der Waals surface area contributed by atoms with Crippen molar-refractivity contribution in [3.05, 3.63) is 0 Å². The number of ether oxygens (including phenoxy) is 1. The number of carboxylic acids is 1. The Balaban J connectivity index is 2.51. The van der Waals surface area contributed by atoms with Crippen molar-refractivity contribution in [2.75, 3.05) is 19.7 Å². The van der Waals surface area contributed by atoms with Crippen molar-refractivity contribution in [1.82, 2.24) is 4.90 Å². The summed E-state index contributed by atoms with van der Waals surface area (Å²) in [5.74, 6) is -0.312. The molecule has 1 fully saturated rings. The van der Waals surface area contributed by atoms with Gasteiger partial charge in [-0.05, 0) is 12.8 Å². The zero-order chi connectivity index (χ0) is 10.7. The van der Waals surface area contributed by atoms with Crippen LogP contribution in [-0.4, -0.2) is 47.8 Å². The van der Waals surface area contributed by atoms with E-state index < -0.39 is 12.0 Å². The second-order valence-corrected chi connectivity index (χ2v) is 4.16. The van der Waals surface area contributed by atoms with E-state index in [0.717, 1.165) is 13.1 Å². The van der Waals surface area contributed by atoms with Crippen molar-refractivity contribution in [3.63, 3.8) is 0 Å². The molecule has 1 aliphatic heterocycles. The third-order valence-corrected chi connectivity index (χ3v) is 2.77. The van der Waals surface area contributed by atoms with Crippen LogP contribution in [0.5, 0.6) is 0 Å². The van der Waals surface area contributed by atoms with Crippen molar-refractivity contribution < 1.29 is 14.6 Å². The SMILES string of the molecule is CC(C)C1CN(C(C)C(=O)O)CCO1. The molecule has 14 heavy (non-hydrogen) atoms. The maximum Gasteiger partial charge on any atom is 0.320 e. The first-order valence-corrected chi connectivity index (χ1v) is 5.11. The van der Waals surface area contributed by atoms with Crippen molar-refractivity contribution in [1.29, 1.82) is 0 Å². The van der Waals surface area contributed by atoms with E-state index in [4.69, 9.17) is 9.84 Å². The molecule has 0 spiro atoms. The first-order valence-electron chi connectivity index (χ1n) is 5.11. The van der Waals surface area contributed by atoms with Crippen LogP contribution in [0.3, 0.4) is 0 Å². The summed E-state index contributed by atoms with van der Waals surface area (Å²) >= 11 is 0. The zero-order valence-corrected chi connectivity index (χ0v) is 9.06. The Morgan fingerprint density at radius 2 is 2.14 bits per heavy atom. The maximum absolute atomic E-state index is 10.8. The monoisotopic (exact) mass is 201 g/mol. The van der Waals surface area contributed by atoms with E-state index in [1.807, 2.05) is 4.90 Å². The molecule has 82 valence electrons. The van der Waals surface area contributed by atoms with Crippen LogP contribution in [0.15, 0.2) is 0 Å². The normalized spacial score (nSPS) is 26.4. The summed E-state index contributed by atoms with van der Waals surface area (Å²) in [5.41, 5.74) is 0. The summed E-state index contributed by atoms with van der Waals surface area (Å²) in [6, 6.07) is -0.403. The van der Waals surface area contributed by atoms with Crippen molar-refractivity contribution in [2.45, 2.75) is 32.9 Å². The smallest absolute Gasteiger partial charge is 0.320 e. The van der Waals surface area contributed by atoms with Gasteiger partial charge >= 0.3 is 5.97 Å². The lowest BCUT2D eigenvalue weighted by atomic mass is 10.0. The fourth-order valence-electron chi connectivity index (χ4n) is 1.61. The standard InChI is InChI=1S/C10H19NO3/c1-7(2)9-6-11(4-5-14-9)8(3)10(12)13/h7-9H,4-6H2,1-3H3,(H,12,13). The van der Waals surface area contributed by atoms with Crippen LogP contribution in [0.25, 0.3) is 0 Å². The van der Waals surface area contributed by atoms with Gasteiger partial charge in [-0.25, -0.2) is 0 Å². The Hall–Kier alpha value is -0.610. The number of hydrogen-bond donors (Lipinski definition) is 1. The highest BCUT2D eigenvalue weighted by Gasteiger charge is 2.28. The van der Waals surface area contributed by atoms with E-state index in [-0.39, 0.29) is 6.10 Å². The van der Waals surface area contributed by atoms with E-state index >= 15 is 0 Å². The Morgan fingerprint density at radius 1 is 1.50 bits per heavy atom. The molecule has 1 aliphatic rings. The van der Waals surface area contributed by atoms with Crippen LogP contribution in [0.4, 0.5) is 0 Å². The van der Waals surface area contributed by atoms with E-state index in [1.165, 1.54) is 0 Å². The molecule has 0 bridgehead atoms. The summed E-state index contributed by atoms with van der Waals surface area (Å²) in [5, 5.41) is 8.88. The molecule has 1 saturated heterocycles. The van der Waals surface area contributed by atoms with Gasteiger partial charge in [-0.15, -0.1) is 0 Å². The topological polar surface area (TPSA) is 49.8 Å². The largest absolute Gasteiger partial charge is 0.480 e. The van der Waals surface area contributed by atoms with Gasteiger partial charge in [0.1, 0.15) is 6.04 Å². The van der Waals surface area contributed by atoms with Crippen LogP contribution in [-0.2, 0) is 9.53 Å². The van der Waals surface area contributed by atoms with Crippen LogP contribution < -0.4 is 0 Å². The summed E-state index contributed by atoms with van der Waals surface area (Å²) in [7, 11) is 0. The number of carboxylic acid groups (broad SMARTS) is 1. The molecule has 0 aromatic heterocycles. The average Bonchev–Trinajstić information content (AvgIpc) is 2.16. The predicted octanol–water partition coefficient (Wildman–Crippen LogP) is 0.816. The van der Waals surface area contributed by atoms with Crippen molar-refractivity contribution in [3.8, 4) is 0 Å². The summed E-state index contributed by atoms with van der Waals surface area (Å²) in [4.78, 5) is 12.8. The van der Waals surface area contributed by atoms with Crippen LogP contribution in [0.1, 0.15) is 20.8 Å². The maximum atomic E-state index is 10.8. The lowest BCUT2D eigenvalue weighted by Gasteiger charge is -2.36. The Bertz CT molecular complexity index is 206.